The van der Waals surface area contributed by atoms with Crippen LogP contribution in [-0.2, 0) is 0 Å². The fraction of sp³-hybridized carbons (Fsp3) is 0.200. The van der Waals surface area contributed by atoms with Crippen LogP contribution in [-0.4, -0.2) is 0 Å². The number of benzene rings is 2. The highest BCUT2D eigenvalue weighted by Gasteiger charge is 2.04. The summed E-state index contributed by atoms with van der Waals surface area (Å²) in [5, 5.41) is 0. The van der Waals surface area contributed by atoms with Crippen LogP contribution in [0.3, 0.4) is 0 Å². The third-order valence-corrected chi connectivity index (χ3v) is 4.73. The maximum Gasteiger partial charge on any atom is 0.0335 e. The number of hydrogen-bond donors (Lipinski definition) is 1. The van der Waals surface area contributed by atoms with Crippen molar-refractivity contribution < 1.29 is 0 Å². The summed E-state index contributed by atoms with van der Waals surface area (Å²) in [6.07, 6.45) is 0. The average Bonchev–Trinajstić information content (AvgIpc) is 2.33. The Hall–Kier alpha value is -0.930. The van der Waals surface area contributed by atoms with E-state index in [1.54, 1.807) is 11.8 Å². The van der Waals surface area contributed by atoms with Gasteiger partial charge in [-0.3, -0.25) is 0 Å². The molecule has 1 nitrogen and oxygen atoms in total. The molecule has 0 saturated heterocycles. The zero-order chi connectivity index (χ0) is 13.1. The van der Waals surface area contributed by atoms with Gasteiger partial charge in [0.05, 0.1) is 0 Å². The lowest BCUT2D eigenvalue weighted by Gasteiger charge is -2.08. The van der Waals surface area contributed by atoms with E-state index in [0.29, 0.717) is 5.92 Å². The van der Waals surface area contributed by atoms with Gasteiger partial charge in [-0.15, -0.1) is 0 Å². The summed E-state index contributed by atoms with van der Waals surface area (Å²) >= 11 is 5.28. The first-order valence-electron chi connectivity index (χ1n) is 5.89. The first-order valence-corrected chi connectivity index (χ1v) is 7.50. The Morgan fingerprint density at radius 2 is 1.72 bits per heavy atom. The Balaban J connectivity index is 2.18. The molecule has 2 aromatic rings. The summed E-state index contributed by atoms with van der Waals surface area (Å²) in [4.78, 5) is 2.42. The SMILES string of the molecule is CC(C)c1ccc(Sc2ccc(N)cc2Br)cc1. The van der Waals surface area contributed by atoms with E-state index >= 15 is 0 Å². The molecule has 0 spiro atoms. The molecule has 0 unspecified atom stereocenters. The van der Waals surface area contributed by atoms with E-state index in [1.165, 1.54) is 15.4 Å². The van der Waals surface area contributed by atoms with Crippen molar-refractivity contribution in [1.82, 2.24) is 0 Å². The third kappa shape index (κ3) is 3.30. The smallest absolute Gasteiger partial charge is 0.0335 e. The summed E-state index contributed by atoms with van der Waals surface area (Å²) in [6.45, 7) is 4.41. The lowest BCUT2D eigenvalue weighted by atomic mass is 10.0. The van der Waals surface area contributed by atoms with Gasteiger partial charge in [0.1, 0.15) is 0 Å². The number of anilines is 1. The van der Waals surface area contributed by atoms with Crippen LogP contribution >= 0.6 is 27.7 Å². The molecular weight excluding hydrogens is 306 g/mol. The zero-order valence-corrected chi connectivity index (χ0v) is 12.9. The number of hydrogen-bond acceptors (Lipinski definition) is 2. The Kier molecular flexibility index (Phi) is 4.36. The summed E-state index contributed by atoms with van der Waals surface area (Å²) < 4.78 is 1.04. The molecule has 0 amide bonds. The van der Waals surface area contributed by atoms with Crippen LogP contribution in [0.2, 0.25) is 0 Å². The van der Waals surface area contributed by atoms with Gasteiger partial charge in [-0.05, 0) is 57.7 Å². The fourth-order valence-electron chi connectivity index (χ4n) is 1.65. The van der Waals surface area contributed by atoms with Crippen LogP contribution in [0.15, 0.2) is 56.7 Å². The van der Waals surface area contributed by atoms with Crippen LogP contribution in [0.1, 0.15) is 25.3 Å². The number of nitrogens with two attached hydrogens (primary N) is 1. The fourth-order valence-corrected chi connectivity index (χ4v) is 3.11. The summed E-state index contributed by atoms with van der Waals surface area (Å²) in [7, 11) is 0. The maximum absolute atomic E-state index is 5.73. The minimum atomic E-state index is 0.576. The molecule has 0 aliphatic rings. The van der Waals surface area contributed by atoms with Gasteiger partial charge in [-0.1, -0.05) is 37.7 Å². The van der Waals surface area contributed by atoms with Crippen LogP contribution in [0.4, 0.5) is 5.69 Å². The first-order chi connectivity index (χ1) is 8.56. The Morgan fingerprint density at radius 3 is 2.28 bits per heavy atom. The molecule has 2 N–H and O–H groups in total. The number of halogens is 1. The second-order valence-corrected chi connectivity index (χ2v) is 6.49. The minimum absolute atomic E-state index is 0.576. The predicted molar refractivity (Wildman–Crippen MR) is 83.2 cm³/mol. The second kappa shape index (κ2) is 5.81. The average molecular weight is 322 g/mol. The quantitative estimate of drug-likeness (QED) is 0.775. The Bertz CT molecular complexity index is 535. The molecule has 0 saturated carbocycles. The highest BCUT2D eigenvalue weighted by Crippen LogP contribution is 2.34. The van der Waals surface area contributed by atoms with Gasteiger partial charge in [-0.2, -0.15) is 0 Å². The predicted octanol–water partition coefficient (Wildman–Crippen LogP) is 5.31. The molecule has 0 radical (unpaired) electrons. The molecule has 3 heteroatoms. The number of nitrogen functional groups attached to an aromatic ring is 1. The zero-order valence-electron chi connectivity index (χ0n) is 10.5. The number of rotatable bonds is 3. The molecule has 94 valence electrons. The Morgan fingerprint density at radius 1 is 1.06 bits per heavy atom. The third-order valence-electron chi connectivity index (χ3n) is 2.73. The van der Waals surface area contributed by atoms with Crippen molar-refractivity contribution in [1.29, 1.82) is 0 Å². The van der Waals surface area contributed by atoms with E-state index in [-0.39, 0.29) is 0 Å². The van der Waals surface area contributed by atoms with Crippen LogP contribution in [0, 0.1) is 0 Å². The minimum Gasteiger partial charge on any atom is -0.399 e. The van der Waals surface area contributed by atoms with Crippen LogP contribution in [0.25, 0.3) is 0 Å². The summed E-state index contributed by atoms with van der Waals surface area (Å²) in [6, 6.07) is 14.6. The van der Waals surface area contributed by atoms with E-state index < -0.39 is 0 Å². The topological polar surface area (TPSA) is 26.0 Å². The molecule has 2 rings (SSSR count). The van der Waals surface area contributed by atoms with Crippen molar-refractivity contribution in [2.75, 3.05) is 5.73 Å². The molecule has 0 bridgehead atoms. The molecular formula is C15H16BrNS. The largest absolute Gasteiger partial charge is 0.399 e. The van der Waals surface area contributed by atoms with E-state index in [9.17, 15) is 0 Å². The van der Waals surface area contributed by atoms with Gasteiger partial charge in [0, 0.05) is 20.0 Å². The molecule has 0 aromatic heterocycles. The van der Waals surface area contributed by atoms with Crippen molar-refractivity contribution in [3.05, 3.63) is 52.5 Å². The molecule has 0 aliphatic heterocycles. The summed E-state index contributed by atoms with van der Waals surface area (Å²) in [5.74, 6) is 0.576. The highest BCUT2D eigenvalue weighted by molar-refractivity contribution is 9.10. The van der Waals surface area contributed by atoms with Crippen molar-refractivity contribution >= 4 is 33.4 Å². The highest BCUT2D eigenvalue weighted by atomic mass is 79.9. The van der Waals surface area contributed by atoms with Crippen molar-refractivity contribution in [3.63, 3.8) is 0 Å². The second-order valence-electron chi connectivity index (χ2n) is 4.52. The van der Waals surface area contributed by atoms with E-state index in [4.69, 9.17) is 5.73 Å². The molecule has 0 aliphatic carbocycles. The van der Waals surface area contributed by atoms with E-state index in [1.807, 2.05) is 18.2 Å². The van der Waals surface area contributed by atoms with Gasteiger partial charge in [0.2, 0.25) is 0 Å². The monoisotopic (exact) mass is 321 g/mol. The normalized spacial score (nSPS) is 10.9. The summed E-state index contributed by atoms with van der Waals surface area (Å²) in [5.41, 5.74) is 7.88. The van der Waals surface area contributed by atoms with Gasteiger partial charge >= 0.3 is 0 Å². The van der Waals surface area contributed by atoms with Gasteiger partial charge in [0.15, 0.2) is 0 Å². The van der Waals surface area contributed by atoms with Crippen molar-refractivity contribution in [2.45, 2.75) is 29.6 Å². The standard InChI is InChI=1S/C15H16BrNS/c1-10(2)11-3-6-13(7-4-11)18-15-8-5-12(17)9-14(15)16/h3-10H,17H2,1-2H3. The molecule has 2 aromatic carbocycles. The Labute approximate surface area is 121 Å². The van der Waals surface area contributed by atoms with Gasteiger partial charge in [-0.25, -0.2) is 0 Å². The van der Waals surface area contributed by atoms with E-state index in [2.05, 4.69) is 54.0 Å². The van der Waals surface area contributed by atoms with Crippen molar-refractivity contribution in [2.24, 2.45) is 0 Å². The van der Waals surface area contributed by atoms with Gasteiger partial charge in [0.25, 0.3) is 0 Å². The first kappa shape index (κ1) is 13.5. The van der Waals surface area contributed by atoms with Crippen LogP contribution in [0.5, 0.6) is 0 Å². The van der Waals surface area contributed by atoms with E-state index in [0.717, 1.165) is 10.2 Å². The lowest BCUT2D eigenvalue weighted by Crippen LogP contribution is -1.87. The van der Waals surface area contributed by atoms with Crippen LogP contribution < -0.4 is 5.73 Å². The van der Waals surface area contributed by atoms with Crippen molar-refractivity contribution in [3.8, 4) is 0 Å². The molecule has 0 fully saturated rings. The lowest BCUT2D eigenvalue weighted by molar-refractivity contribution is 0.865. The molecule has 0 atom stereocenters. The maximum atomic E-state index is 5.73. The van der Waals surface area contributed by atoms with Gasteiger partial charge < -0.3 is 5.73 Å². The molecule has 18 heavy (non-hydrogen) atoms. The molecule has 0 heterocycles.